The fraction of sp³-hybridized carbons (Fsp3) is 0.300. The first-order valence-corrected chi connectivity index (χ1v) is 10.6. The van der Waals surface area contributed by atoms with Gasteiger partial charge in [0.15, 0.2) is 0 Å². The van der Waals surface area contributed by atoms with Crippen molar-refractivity contribution in [2.24, 2.45) is 0 Å². The van der Waals surface area contributed by atoms with Crippen molar-refractivity contribution < 1.29 is 18.0 Å². The molecule has 1 aliphatic heterocycles. The van der Waals surface area contributed by atoms with Crippen molar-refractivity contribution in [2.45, 2.75) is 12.8 Å². The van der Waals surface area contributed by atoms with Crippen LogP contribution in [0.3, 0.4) is 0 Å². The van der Waals surface area contributed by atoms with E-state index >= 15 is 0 Å². The molecule has 1 heterocycles. The molecule has 9 heteroatoms. The van der Waals surface area contributed by atoms with Crippen molar-refractivity contribution in [3.8, 4) is 0 Å². The highest BCUT2D eigenvalue weighted by Gasteiger charge is 2.22. The van der Waals surface area contributed by atoms with Crippen molar-refractivity contribution in [3.63, 3.8) is 0 Å². The lowest BCUT2D eigenvalue weighted by Gasteiger charge is -2.23. The third kappa shape index (κ3) is 4.41. The Morgan fingerprint density at radius 1 is 1.00 bits per heavy atom. The summed E-state index contributed by atoms with van der Waals surface area (Å²) in [7, 11) is 0.781. The fourth-order valence-electron chi connectivity index (χ4n) is 3.05. The second-order valence-electron chi connectivity index (χ2n) is 6.95. The minimum Gasteiger partial charge on any atom is -0.322 e. The van der Waals surface area contributed by atoms with Crippen LogP contribution in [0.5, 0.6) is 0 Å². The largest absolute Gasteiger partial charge is 0.322 e. The third-order valence-electron chi connectivity index (χ3n) is 4.81. The van der Waals surface area contributed by atoms with Crippen LogP contribution in [0.1, 0.15) is 23.2 Å². The van der Waals surface area contributed by atoms with Gasteiger partial charge in [0, 0.05) is 51.0 Å². The average molecular weight is 417 g/mol. The number of hydrogen-bond acceptors (Lipinski definition) is 4. The summed E-state index contributed by atoms with van der Waals surface area (Å²) in [5.41, 5.74) is 2.29. The first-order chi connectivity index (χ1) is 13.7. The molecule has 154 valence electrons. The summed E-state index contributed by atoms with van der Waals surface area (Å²) in [5, 5.41) is 2.80. The van der Waals surface area contributed by atoms with E-state index in [9.17, 15) is 18.0 Å². The first-order valence-electron chi connectivity index (χ1n) is 9.18. The smallest absolute Gasteiger partial charge is 0.303 e. The molecule has 0 saturated carbocycles. The lowest BCUT2D eigenvalue weighted by molar-refractivity contribution is -0.117. The zero-order valence-electron chi connectivity index (χ0n) is 16.6. The molecule has 0 radical (unpaired) electrons. The molecular weight excluding hydrogens is 392 g/mol. The minimum atomic E-state index is -3.59. The Morgan fingerprint density at radius 2 is 1.62 bits per heavy atom. The molecule has 0 atom stereocenters. The molecule has 1 saturated heterocycles. The van der Waals surface area contributed by atoms with Crippen LogP contribution in [0.25, 0.3) is 0 Å². The van der Waals surface area contributed by atoms with Crippen molar-refractivity contribution in [3.05, 3.63) is 54.1 Å². The van der Waals surface area contributed by atoms with E-state index in [1.165, 1.54) is 21.1 Å². The molecule has 0 spiro atoms. The van der Waals surface area contributed by atoms with Crippen LogP contribution in [0.15, 0.2) is 48.5 Å². The summed E-state index contributed by atoms with van der Waals surface area (Å²) in [5.74, 6) is -0.192. The fourth-order valence-corrected chi connectivity index (χ4v) is 3.93. The minimum absolute atomic E-state index is 0.114. The van der Waals surface area contributed by atoms with E-state index < -0.39 is 10.2 Å². The summed E-state index contributed by atoms with van der Waals surface area (Å²) in [4.78, 5) is 26.0. The van der Waals surface area contributed by atoms with Crippen molar-refractivity contribution in [2.75, 3.05) is 42.2 Å². The van der Waals surface area contributed by atoms with Gasteiger partial charge in [0.1, 0.15) is 0 Å². The molecule has 8 nitrogen and oxygen atoms in total. The average Bonchev–Trinajstić information content (AvgIpc) is 3.13. The molecule has 29 heavy (non-hydrogen) atoms. The molecule has 2 aromatic rings. The molecule has 0 aliphatic carbocycles. The molecule has 2 aromatic carbocycles. The van der Waals surface area contributed by atoms with Gasteiger partial charge in [-0.25, -0.2) is 0 Å². The maximum atomic E-state index is 12.5. The first kappa shape index (κ1) is 20.8. The topological polar surface area (TPSA) is 90.0 Å². The lowest BCUT2D eigenvalue weighted by atomic mass is 10.2. The number of amides is 2. The molecule has 1 N–H and O–H groups in total. The zero-order valence-corrected chi connectivity index (χ0v) is 17.4. The maximum Gasteiger partial charge on any atom is 0.303 e. The molecule has 1 fully saturated rings. The Labute approximate surface area is 170 Å². The van der Waals surface area contributed by atoms with Crippen molar-refractivity contribution in [1.82, 2.24) is 4.31 Å². The summed E-state index contributed by atoms with van der Waals surface area (Å²) < 4.78 is 26.6. The number of hydrogen-bond donors (Lipinski definition) is 1. The number of carbonyl (C=O) groups excluding carboxylic acids is 2. The van der Waals surface area contributed by atoms with Crippen LogP contribution in [-0.4, -0.2) is 52.2 Å². The van der Waals surface area contributed by atoms with Gasteiger partial charge in [0.05, 0.1) is 5.69 Å². The third-order valence-corrected chi connectivity index (χ3v) is 6.64. The SMILES string of the molecule is CN(C)S(=O)(=O)N(C)c1ccc(C(=O)Nc2ccc(N3CCCC3=O)cc2)cc1. The van der Waals surface area contributed by atoms with Gasteiger partial charge in [-0.2, -0.15) is 12.7 Å². The molecule has 0 aromatic heterocycles. The van der Waals surface area contributed by atoms with E-state index in [0.29, 0.717) is 23.4 Å². The molecule has 0 unspecified atom stereocenters. The standard InChI is InChI=1S/C20H24N4O4S/c1-22(2)29(27,28)23(3)17-10-6-15(7-11-17)20(26)21-16-8-12-18(13-9-16)24-14-4-5-19(24)25/h6-13H,4-5,14H2,1-3H3,(H,21,26). The van der Waals surface area contributed by atoms with Crippen molar-refractivity contribution in [1.29, 1.82) is 0 Å². The van der Waals surface area contributed by atoms with Crippen LogP contribution in [-0.2, 0) is 15.0 Å². The van der Waals surface area contributed by atoms with Gasteiger partial charge in [-0.1, -0.05) is 0 Å². The second kappa shape index (κ2) is 8.22. The lowest BCUT2D eigenvalue weighted by Crippen LogP contribution is -2.37. The highest BCUT2D eigenvalue weighted by molar-refractivity contribution is 7.90. The number of benzene rings is 2. The number of nitrogens with one attached hydrogen (secondary N) is 1. The van der Waals surface area contributed by atoms with Gasteiger partial charge in [-0.3, -0.25) is 13.9 Å². The normalized spacial score (nSPS) is 14.3. The Bertz CT molecular complexity index is 1000. The monoisotopic (exact) mass is 416 g/mol. The summed E-state index contributed by atoms with van der Waals surface area (Å²) >= 11 is 0. The quantitative estimate of drug-likeness (QED) is 0.782. The van der Waals surface area contributed by atoms with Crippen molar-refractivity contribution >= 4 is 39.1 Å². The molecule has 2 amide bonds. The predicted octanol–water partition coefficient (Wildman–Crippen LogP) is 2.31. The molecular formula is C20H24N4O4S. The van der Waals surface area contributed by atoms with Gasteiger partial charge in [-0.05, 0) is 55.0 Å². The zero-order chi connectivity index (χ0) is 21.2. The van der Waals surface area contributed by atoms with E-state index in [-0.39, 0.29) is 11.8 Å². The van der Waals surface area contributed by atoms with E-state index in [4.69, 9.17) is 0 Å². The number of carbonyl (C=O) groups is 2. The van der Waals surface area contributed by atoms with E-state index in [1.807, 2.05) is 12.1 Å². The van der Waals surface area contributed by atoms with E-state index in [1.54, 1.807) is 41.3 Å². The molecule has 1 aliphatic rings. The summed E-state index contributed by atoms with van der Waals surface area (Å²) in [6.45, 7) is 0.717. The Balaban J connectivity index is 1.67. The van der Waals surface area contributed by atoms with E-state index in [2.05, 4.69) is 5.32 Å². The highest BCUT2D eigenvalue weighted by atomic mass is 32.2. The van der Waals surface area contributed by atoms with Gasteiger partial charge < -0.3 is 10.2 Å². The Kier molecular flexibility index (Phi) is 5.90. The van der Waals surface area contributed by atoms with Crippen LogP contribution >= 0.6 is 0 Å². The number of nitrogens with zero attached hydrogens (tertiary/aromatic N) is 3. The van der Waals surface area contributed by atoms with Crippen LogP contribution < -0.4 is 14.5 Å². The predicted molar refractivity (Wildman–Crippen MR) is 113 cm³/mol. The van der Waals surface area contributed by atoms with Gasteiger partial charge in [-0.15, -0.1) is 0 Å². The molecule has 3 rings (SSSR count). The van der Waals surface area contributed by atoms with Gasteiger partial charge in [0.2, 0.25) is 5.91 Å². The number of rotatable bonds is 6. The Hall–Kier alpha value is -2.91. The number of anilines is 3. The van der Waals surface area contributed by atoms with Crippen LogP contribution in [0.4, 0.5) is 17.1 Å². The summed E-state index contributed by atoms with van der Waals surface area (Å²) in [6, 6.07) is 13.4. The highest BCUT2D eigenvalue weighted by Crippen LogP contribution is 2.24. The summed E-state index contributed by atoms with van der Waals surface area (Å²) in [6.07, 6.45) is 1.43. The van der Waals surface area contributed by atoms with E-state index in [0.717, 1.165) is 27.3 Å². The Morgan fingerprint density at radius 3 is 2.14 bits per heavy atom. The second-order valence-corrected chi connectivity index (χ2v) is 9.13. The van der Waals surface area contributed by atoms with Crippen LogP contribution in [0, 0.1) is 0 Å². The maximum absolute atomic E-state index is 12.5. The van der Waals surface area contributed by atoms with Gasteiger partial charge >= 0.3 is 10.2 Å². The van der Waals surface area contributed by atoms with Gasteiger partial charge in [0.25, 0.3) is 5.91 Å². The van der Waals surface area contributed by atoms with Crippen LogP contribution in [0.2, 0.25) is 0 Å². The molecule has 0 bridgehead atoms.